The second-order valence-electron chi connectivity index (χ2n) is 6.62. The Morgan fingerprint density at radius 2 is 2.00 bits per heavy atom. The maximum atomic E-state index is 14.1. The quantitative estimate of drug-likeness (QED) is 0.801. The summed E-state index contributed by atoms with van der Waals surface area (Å²) in [7, 11) is -3.79. The number of anilines is 1. The number of hydrogen-bond acceptors (Lipinski definition) is 5. The molecule has 0 unspecified atom stereocenters. The van der Waals surface area contributed by atoms with Crippen LogP contribution in [0.5, 0.6) is 0 Å². The van der Waals surface area contributed by atoms with E-state index in [1.165, 1.54) is 28.8 Å². The molecular formula is C19H17F2N3O3S2. The van der Waals surface area contributed by atoms with Crippen LogP contribution in [0, 0.1) is 11.6 Å². The molecule has 2 aliphatic rings. The Kier molecular flexibility index (Phi) is 5.30. The van der Waals surface area contributed by atoms with Gasteiger partial charge in [-0.2, -0.15) is 0 Å². The summed E-state index contributed by atoms with van der Waals surface area (Å²) in [4.78, 5) is 18.4. The predicted molar refractivity (Wildman–Crippen MR) is 108 cm³/mol. The Bertz CT molecular complexity index is 1120. The van der Waals surface area contributed by atoms with Gasteiger partial charge in [0.05, 0.1) is 17.0 Å². The molecule has 2 aromatic carbocycles. The molecule has 0 saturated carbocycles. The van der Waals surface area contributed by atoms with E-state index < -0.39 is 27.6 Å². The van der Waals surface area contributed by atoms with Crippen LogP contribution in [0.2, 0.25) is 0 Å². The Labute approximate surface area is 171 Å². The van der Waals surface area contributed by atoms with E-state index in [9.17, 15) is 22.0 Å². The highest BCUT2D eigenvalue weighted by atomic mass is 32.2. The van der Waals surface area contributed by atoms with Gasteiger partial charge in [0, 0.05) is 24.1 Å². The van der Waals surface area contributed by atoms with Crippen LogP contribution in [-0.4, -0.2) is 38.3 Å². The zero-order valence-corrected chi connectivity index (χ0v) is 16.8. The number of nitrogens with zero attached hydrogens (tertiary/aromatic N) is 2. The van der Waals surface area contributed by atoms with Crippen LogP contribution >= 0.6 is 11.8 Å². The third-order valence-electron chi connectivity index (χ3n) is 4.69. The number of aryl methyl sites for hydroxylation is 1. The molecule has 152 valence electrons. The lowest BCUT2D eigenvalue weighted by atomic mass is 10.0. The van der Waals surface area contributed by atoms with Crippen LogP contribution in [0.3, 0.4) is 0 Å². The van der Waals surface area contributed by atoms with Crippen LogP contribution in [0.1, 0.15) is 22.3 Å². The molecule has 29 heavy (non-hydrogen) atoms. The largest absolute Gasteiger partial charge is 0.308 e. The minimum atomic E-state index is -3.79. The van der Waals surface area contributed by atoms with E-state index in [1.54, 1.807) is 6.07 Å². The number of nitrogens with one attached hydrogen (secondary N) is 1. The van der Waals surface area contributed by atoms with Crippen molar-refractivity contribution in [2.24, 2.45) is 4.99 Å². The van der Waals surface area contributed by atoms with Gasteiger partial charge in [0.2, 0.25) is 0 Å². The van der Waals surface area contributed by atoms with Gasteiger partial charge >= 0.3 is 0 Å². The van der Waals surface area contributed by atoms with E-state index in [-0.39, 0.29) is 10.5 Å². The standard InChI is InChI=1S/C19H17F2N3O3S2/c20-13-3-5-15(16(21)11-13)18(25)24-8-1-2-12-10-14(4-6-17(12)24)29(26,27)23-19-22-7-9-28-19/h3-6,10-11H,1-2,7-9H2,(H,22,23). The fourth-order valence-corrected chi connectivity index (χ4v) is 5.41. The molecule has 0 aromatic heterocycles. The third-order valence-corrected chi connectivity index (χ3v) is 7.05. The number of hydrogen-bond donors (Lipinski definition) is 1. The highest BCUT2D eigenvalue weighted by Gasteiger charge is 2.27. The monoisotopic (exact) mass is 437 g/mol. The van der Waals surface area contributed by atoms with Crippen LogP contribution in [0.15, 0.2) is 46.3 Å². The van der Waals surface area contributed by atoms with Crippen molar-refractivity contribution in [3.63, 3.8) is 0 Å². The van der Waals surface area contributed by atoms with Crippen molar-refractivity contribution in [2.45, 2.75) is 17.7 Å². The molecular weight excluding hydrogens is 420 g/mol. The predicted octanol–water partition coefficient (Wildman–Crippen LogP) is 2.94. The van der Waals surface area contributed by atoms with Crippen molar-refractivity contribution in [3.05, 3.63) is 59.2 Å². The Morgan fingerprint density at radius 1 is 1.17 bits per heavy atom. The topological polar surface area (TPSA) is 78.8 Å². The molecule has 0 bridgehead atoms. The van der Waals surface area contributed by atoms with Crippen LogP contribution < -0.4 is 9.62 Å². The SMILES string of the molecule is O=C(c1ccc(F)cc1F)N1CCCc2cc(S(=O)(=O)NC3=NCCS3)ccc21. The Morgan fingerprint density at radius 3 is 2.72 bits per heavy atom. The third kappa shape index (κ3) is 3.99. The summed E-state index contributed by atoms with van der Waals surface area (Å²) in [5, 5.41) is 0.367. The second-order valence-corrected chi connectivity index (χ2v) is 9.38. The highest BCUT2D eigenvalue weighted by Crippen LogP contribution is 2.31. The van der Waals surface area contributed by atoms with Crippen molar-refractivity contribution in [3.8, 4) is 0 Å². The lowest BCUT2D eigenvalue weighted by Gasteiger charge is -2.30. The number of amidine groups is 1. The van der Waals surface area contributed by atoms with Gasteiger partial charge in [0.15, 0.2) is 5.17 Å². The first-order valence-electron chi connectivity index (χ1n) is 8.95. The molecule has 0 aliphatic carbocycles. The second kappa shape index (κ2) is 7.75. The number of thioether (sulfide) groups is 1. The zero-order chi connectivity index (χ0) is 20.6. The molecule has 1 amide bonds. The molecule has 6 nitrogen and oxygen atoms in total. The van der Waals surface area contributed by atoms with E-state index in [0.717, 1.165) is 17.9 Å². The smallest absolute Gasteiger partial charge is 0.263 e. The normalized spacial score (nSPS) is 16.3. The molecule has 0 atom stereocenters. The number of amides is 1. The lowest BCUT2D eigenvalue weighted by Crippen LogP contribution is -2.36. The summed E-state index contributed by atoms with van der Waals surface area (Å²) in [6, 6.07) is 7.30. The van der Waals surface area contributed by atoms with Crippen LogP contribution in [0.4, 0.5) is 14.5 Å². The molecule has 2 aliphatic heterocycles. The van der Waals surface area contributed by atoms with Crippen molar-refractivity contribution < 1.29 is 22.0 Å². The van der Waals surface area contributed by atoms with Crippen LogP contribution in [-0.2, 0) is 16.4 Å². The first-order valence-corrected chi connectivity index (χ1v) is 11.4. The summed E-state index contributed by atoms with van der Waals surface area (Å²) >= 11 is 1.34. The van der Waals surface area contributed by atoms with E-state index in [2.05, 4.69) is 9.71 Å². The van der Waals surface area contributed by atoms with Crippen LogP contribution in [0.25, 0.3) is 0 Å². The number of carbonyl (C=O) groups is 1. The van der Waals surface area contributed by atoms with Crippen molar-refractivity contribution in [2.75, 3.05) is 23.7 Å². The maximum Gasteiger partial charge on any atom is 0.263 e. The lowest BCUT2D eigenvalue weighted by molar-refractivity contribution is 0.0981. The minimum Gasteiger partial charge on any atom is -0.308 e. The molecule has 0 fully saturated rings. The number of sulfonamides is 1. The average molecular weight is 437 g/mol. The molecule has 1 N–H and O–H groups in total. The maximum absolute atomic E-state index is 14.1. The number of carbonyl (C=O) groups excluding carboxylic acids is 1. The fraction of sp³-hybridized carbons (Fsp3) is 0.263. The fourth-order valence-electron chi connectivity index (χ4n) is 3.33. The van der Waals surface area contributed by atoms with E-state index in [0.29, 0.717) is 48.4 Å². The summed E-state index contributed by atoms with van der Waals surface area (Å²) < 4.78 is 54.9. The first kappa shape index (κ1) is 19.8. The van der Waals surface area contributed by atoms with Gasteiger partial charge in [-0.25, -0.2) is 17.2 Å². The Hall–Kier alpha value is -2.46. The van der Waals surface area contributed by atoms with Gasteiger partial charge in [0.25, 0.3) is 15.9 Å². The van der Waals surface area contributed by atoms with Gasteiger partial charge in [0.1, 0.15) is 11.6 Å². The number of benzene rings is 2. The Balaban J connectivity index is 1.64. The summed E-state index contributed by atoms with van der Waals surface area (Å²) in [6.07, 6.45) is 1.19. The van der Waals surface area contributed by atoms with Gasteiger partial charge < -0.3 is 4.90 Å². The molecule has 2 aromatic rings. The molecule has 4 rings (SSSR count). The van der Waals surface area contributed by atoms with Crippen molar-refractivity contribution in [1.29, 1.82) is 0 Å². The highest BCUT2D eigenvalue weighted by molar-refractivity contribution is 8.15. The summed E-state index contributed by atoms with van der Waals surface area (Å²) in [5.41, 5.74) is 0.974. The molecule has 0 spiro atoms. The van der Waals surface area contributed by atoms with Crippen molar-refractivity contribution in [1.82, 2.24) is 4.72 Å². The number of fused-ring (bicyclic) bond motifs is 1. The average Bonchev–Trinajstić information content (AvgIpc) is 3.19. The molecule has 0 radical (unpaired) electrons. The van der Waals surface area contributed by atoms with Gasteiger partial charge in [-0.15, -0.1) is 0 Å². The van der Waals surface area contributed by atoms with E-state index >= 15 is 0 Å². The molecule has 10 heteroatoms. The van der Waals surface area contributed by atoms with Gasteiger partial charge in [-0.3, -0.25) is 14.5 Å². The summed E-state index contributed by atoms with van der Waals surface area (Å²) in [6.45, 7) is 0.935. The van der Waals surface area contributed by atoms with Gasteiger partial charge in [-0.1, -0.05) is 11.8 Å². The molecule has 2 heterocycles. The van der Waals surface area contributed by atoms with Crippen molar-refractivity contribution >= 4 is 38.5 Å². The summed E-state index contributed by atoms with van der Waals surface area (Å²) in [5.74, 6) is -1.54. The number of aliphatic imine (C=N–C) groups is 1. The van der Waals surface area contributed by atoms with E-state index in [1.807, 2.05) is 0 Å². The minimum absolute atomic E-state index is 0.0775. The zero-order valence-electron chi connectivity index (χ0n) is 15.2. The van der Waals surface area contributed by atoms with E-state index in [4.69, 9.17) is 0 Å². The number of rotatable bonds is 3. The molecule has 0 saturated heterocycles. The number of halogens is 2. The van der Waals surface area contributed by atoms with Gasteiger partial charge in [-0.05, 0) is 48.7 Å². The first-order chi connectivity index (χ1) is 13.8.